The highest BCUT2D eigenvalue weighted by molar-refractivity contribution is 5.91. The molecule has 0 bridgehead atoms. The van der Waals surface area contributed by atoms with Crippen molar-refractivity contribution < 1.29 is 19.8 Å². The third kappa shape index (κ3) is 2.46. The number of urea groups is 1. The molecule has 128 valence electrons. The molecule has 1 aromatic carbocycles. The molecule has 3 amide bonds. The Morgan fingerprint density at radius 2 is 1.92 bits per heavy atom. The largest absolute Gasteiger partial charge is 0.508 e. The number of hydrogen-bond acceptors (Lipinski definition) is 4. The number of aromatic hydroxyl groups is 2. The van der Waals surface area contributed by atoms with Gasteiger partial charge in [0, 0.05) is 24.4 Å². The number of hydrogen-bond donors (Lipinski definition) is 4. The van der Waals surface area contributed by atoms with Crippen LogP contribution in [-0.2, 0) is 4.79 Å². The number of nitrogens with one attached hydrogen (secondary N) is 2. The van der Waals surface area contributed by atoms with E-state index in [0.29, 0.717) is 23.4 Å². The Labute approximate surface area is 140 Å². The topological polar surface area (TPSA) is 102 Å². The fraction of sp³-hybridized carbons (Fsp3) is 0.412. The summed E-state index contributed by atoms with van der Waals surface area (Å²) in [7, 11) is 0. The lowest BCUT2D eigenvalue weighted by Gasteiger charge is -2.32. The minimum absolute atomic E-state index is 0.00444. The molecule has 0 aliphatic carbocycles. The number of phenols is 2. The fourth-order valence-corrected chi connectivity index (χ4v) is 3.27. The third-order valence-electron chi connectivity index (χ3n) is 4.53. The number of phenolic OH excluding ortho intramolecular Hbond substituents is 2. The molecule has 2 atom stereocenters. The zero-order valence-corrected chi connectivity index (χ0v) is 13.8. The van der Waals surface area contributed by atoms with Crippen molar-refractivity contribution in [1.82, 2.24) is 15.5 Å². The van der Waals surface area contributed by atoms with Crippen LogP contribution in [0, 0.1) is 5.92 Å². The number of amides is 3. The van der Waals surface area contributed by atoms with Crippen molar-refractivity contribution in [2.24, 2.45) is 5.92 Å². The molecule has 1 aromatic rings. The van der Waals surface area contributed by atoms with Crippen molar-refractivity contribution in [1.29, 1.82) is 0 Å². The first-order chi connectivity index (χ1) is 11.3. The smallest absolute Gasteiger partial charge is 0.319 e. The van der Waals surface area contributed by atoms with E-state index in [4.69, 9.17) is 0 Å². The van der Waals surface area contributed by atoms with Gasteiger partial charge in [-0.05, 0) is 24.5 Å². The number of fused-ring (bicyclic) bond motifs is 1. The van der Waals surface area contributed by atoms with E-state index in [2.05, 4.69) is 10.6 Å². The minimum atomic E-state index is -0.688. The standard InChI is InChI=1S/C17H21N3O4/c1-4-20-7-11-14(16(20)23)15(19-17(24)18-11)10-5-9(8(2)3)12(21)6-13(10)22/h5-8,14-15,21-22H,4H2,1-3H3,(H2,18,19,24). The van der Waals surface area contributed by atoms with E-state index in [0.717, 1.165) is 0 Å². The molecule has 3 rings (SSSR count). The van der Waals surface area contributed by atoms with E-state index in [-0.39, 0.29) is 23.3 Å². The molecule has 24 heavy (non-hydrogen) atoms. The van der Waals surface area contributed by atoms with Crippen molar-refractivity contribution in [2.75, 3.05) is 6.54 Å². The van der Waals surface area contributed by atoms with Gasteiger partial charge in [-0.3, -0.25) is 4.79 Å². The Kier molecular flexibility index (Phi) is 3.87. The molecule has 7 nitrogen and oxygen atoms in total. The molecule has 2 unspecified atom stereocenters. The van der Waals surface area contributed by atoms with Crippen LogP contribution in [0.5, 0.6) is 11.5 Å². The summed E-state index contributed by atoms with van der Waals surface area (Å²) in [5, 5.41) is 25.7. The summed E-state index contributed by atoms with van der Waals surface area (Å²) in [6, 6.07) is 1.81. The Morgan fingerprint density at radius 3 is 2.54 bits per heavy atom. The molecule has 0 aromatic heterocycles. The fourth-order valence-electron chi connectivity index (χ4n) is 3.27. The highest BCUT2D eigenvalue weighted by Gasteiger charge is 2.45. The Bertz CT molecular complexity index is 742. The van der Waals surface area contributed by atoms with E-state index < -0.39 is 18.0 Å². The van der Waals surface area contributed by atoms with Gasteiger partial charge in [-0.25, -0.2) is 4.79 Å². The second-order valence-electron chi connectivity index (χ2n) is 6.39. The van der Waals surface area contributed by atoms with Crippen molar-refractivity contribution in [3.8, 4) is 11.5 Å². The molecule has 2 aliphatic heterocycles. The first-order valence-electron chi connectivity index (χ1n) is 7.99. The van der Waals surface area contributed by atoms with Gasteiger partial charge >= 0.3 is 6.03 Å². The summed E-state index contributed by atoms with van der Waals surface area (Å²) < 4.78 is 0. The summed E-state index contributed by atoms with van der Waals surface area (Å²) in [5.74, 6) is -0.869. The molecule has 0 saturated carbocycles. The summed E-state index contributed by atoms with van der Waals surface area (Å²) in [4.78, 5) is 26.1. The number of carbonyl (C=O) groups is 2. The third-order valence-corrected chi connectivity index (χ3v) is 4.53. The maximum Gasteiger partial charge on any atom is 0.319 e. The molecule has 1 fully saturated rings. The Balaban J connectivity index is 2.08. The van der Waals surface area contributed by atoms with Gasteiger partial charge in [-0.15, -0.1) is 0 Å². The van der Waals surface area contributed by atoms with Crippen LogP contribution in [0.2, 0.25) is 0 Å². The van der Waals surface area contributed by atoms with Crippen LogP contribution in [-0.4, -0.2) is 33.6 Å². The van der Waals surface area contributed by atoms with Gasteiger partial charge < -0.3 is 25.7 Å². The zero-order chi connectivity index (χ0) is 17.6. The normalized spacial score (nSPS) is 23.0. The van der Waals surface area contributed by atoms with Crippen LogP contribution in [0.15, 0.2) is 24.0 Å². The van der Waals surface area contributed by atoms with Crippen molar-refractivity contribution in [3.05, 3.63) is 35.2 Å². The lowest BCUT2D eigenvalue weighted by Crippen LogP contribution is -2.50. The average Bonchev–Trinajstić information content (AvgIpc) is 2.82. The first kappa shape index (κ1) is 16.2. The quantitative estimate of drug-likeness (QED) is 0.679. The monoisotopic (exact) mass is 331 g/mol. The minimum Gasteiger partial charge on any atom is -0.508 e. The van der Waals surface area contributed by atoms with Crippen LogP contribution in [0.3, 0.4) is 0 Å². The summed E-state index contributed by atoms with van der Waals surface area (Å²) >= 11 is 0. The SMILES string of the molecule is CCN1C=C2NC(=O)NC(c3cc(C(C)C)c(O)cc3O)C2C1=O. The van der Waals surface area contributed by atoms with Crippen molar-refractivity contribution >= 4 is 11.9 Å². The predicted molar refractivity (Wildman–Crippen MR) is 87.2 cm³/mol. The number of rotatable bonds is 3. The van der Waals surface area contributed by atoms with Gasteiger partial charge in [-0.2, -0.15) is 0 Å². The van der Waals surface area contributed by atoms with E-state index in [1.165, 1.54) is 6.07 Å². The summed E-state index contributed by atoms with van der Waals surface area (Å²) in [5.41, 5.74) is 1.60. The summed E-state index contributed by atoms with van der Waals surface area (Å²) in [6.07, 6.45) is 1.64. The van der Waals surface area contributed by atoms with Crippen LogP contribution in [0.25, 0.3) is 0 Å². The van der Waals surface area contributed by atoms with Crippen LogP contribution >= 0.6 is 0 Å². The zero-order valence-electron chi connectivity index (χ0n) is 13.8. The van der Waals surface area contributed by atoms with E-state index in [1.54, 1.807) is 17.2 Å². The van der Waals surface area contributed by atoms with Gasteiger partial charge in [0.15, 0.2) is 0 Å². The lowest BCUT2D eigenvalue weighted by molar-refractivity contribution is -0.130. The molecular formula is C17H21N3O4. The summed E-state index contributed by atoms with van der Waals surface area (Å²) in [6.45, 7) is 6.19. The highest BCUT2D eigenvalue weighted by Crippen LogP contribution is 2.42. The van der Waals surface area contributed by atoms with Gasteiger partial charge in [0.05, 0.1) is 11.7 Å². The van der Waals surface area contributed by atoms with Gasteiger partial charge in [0.1, 0.15) is 17.4 Å². The van der Waals surface area contributed by atoms with Gasteiger partial charge in [0.2, 0.25) is 5.91 Å². The van der Waals surface area contributed by atoms with E-state index in [9.17, 15) is 19.8 Å². The number of carbonyl (C=O) groups excluding carboxylic acids is 2. The highest BCUT2D eigenvalue weighted by atomic mass is 16.3. The molecule has 1 saturated heterocycles. The van der Waals surface area contributed by atoms with E-state index >= 15 is 0 Å². The van der Waals surface area contributed by atoms with Gasteiger partial charge in [-0.1, -0.05) is 13.8 Å². The second kappa shape index (κ2) is 5.74. The molecule has 0 spiro atoms. The van der Waals surface area contributed by atoms with Crippen molar-refractivity contribution in [2.45, 2.75) is 32.7 Å². The van der Waals surface area contributed by atoms with Crippen LogP contribution in [0.1, 0.15) is 43.9 Å². The maximum atomic E-state index is 12.6. The molecule has 0 radical (unpaired) electrons. The van der Waals surface area contributed by atoms with Gasteiger partial charge in [0.25, 0.3) is 0 Å². The Hall–Kier alpha value is -2.70. The molecule has 2 heterocycles. The predicted octanol–water partition coefficient (Wildman–Crippen LogP) is 1.89. The Morgan fingerprint density at radius 1 is 1.21 bits per heavy atom. The van der Waals surface area contributed by atoms with E-state index in [1.807, 2.05) is 20.8 Å². The second-order valence-corrected chi connectivity index (χ2v) is 6.39. The molecule has 7 heteroatoms. The molecule has 2 aliphatic rings. The number of benzene rings is 1. The molecular weight excluding hydrogens is 310 g/mol. The first-order valence-corrected chi connectivity index (χ1v) is 7.99. The average molecular weight is 331 g/mol. The van der Waals surface area contributed by atoms with Crippen LogP contribution < -0.4 is 10.6 Å². The maximum absolute atomic E-state index is 12.6. The van der Waals surface area contributed by atoms with Crippen LogP contribution in [0.4, 0.5) is 4.79 Å². The lowest BCUT2D eigenvalue weighted by atomic mass is 9.86. The number of nitrogens with zero attached hydrogens (tertiary/aromatic N) is 1. The molecule has 4 N–H and O–H groups in total. The van der Waals surface area contributed by atoms with Crippen molar-refractivity contribution in [3.63, 3.8) is 0 Å².